The summed E-state index contributed by atoms with van der Waals surface area (Å²) >= 11 is 6.46. The molecule has 4 rings (SSSR count). The lowest BCUT2D eigenvalue weighted by atomic mass is 9.66. The number of phenolic OH excluding ortho intramolecular Hbond substituents is 1. The number of benzene rings is 3. The molecule has 0 spiro atoms. The van der Waals surface area contributed by atoms with Crippen LogP contribution in [-0.4, -0.2) is 5.11 Å². The lowest BCUT2D eigenvalue weighted by Crippen LogP contribution is -2.27. The van der Waals surface area contributed by atoms with Gasteiger partial charge in [0.15, 0.2) is 0 Å². The molecule has 0 saturated carbocycles. The van der Waals surface area contributed by atoms with Gasteiger partial charge in [-0.05, 0) is 71.0 Å². The SMILES string of the molecule is CC1C(c2ccc(O)cc2)Cc2ccccc2C1Cc1ccccc1Cl. The first-order chi connectivity index (χ1) is 12.6. The van der Waals surface area contributed by atoms with E-state index in [2.05, 4.69) is 55.5 Å². The fourth-order valence-electron chi connectivity index (χ4n) is 4.41. The van der Waals surface area contributed by atoms with Gasteiger partial charge in [-0.15, -0.1) is 0 Å². The minimum absolute atomic E-state index is 0.324. The zero-order valence-corrected chi connectivity index (χ0v) is 15.7. The zero-order valence-electron chi connectivity index (χ0n) is 14.9. The fourth-order valence-corrected chi connectivity index (χ4v) is 4.62. The summed E-state index contributed by atoms with van der Waals surface area (Å²) in [5.41, 5.74) is 5.40. The number of halogens is 1. The Labute approximate surface area is 160 Å². The van der Waals surface area contributed by atoms with Gasteiger partial charge < -0.3 is 5.11 Å². The Morgan fingerprint density at radius 1 is 0.923 bits per heavy atom. The molecule has 1 aliphatic rings. The molecule has 3 unspecified atom stereocenters. The Morgan fingerprint density at radius 3 is 2.38 bits per heavy atom. The van der Waals surface area contributed by atoms with Crippen molar-refractivity contribution < 1.29 is 5.11 Å². The molecule has 3 atom stereocenters. The minimum atomic E-state index is 0.324. The van der Waals surface area contributed by atoms with Crippen LogP contribution in [0.25, 0.3) is 0 Å². The highest BCUT2D eigenvalue weighted by Crippen LogP contribution is 2.46. The molecule has 0 fully saturated rings. The lowest BCUT2D eigenvalue weighted by Gasteiger charge is -2.38. The summed E-state index contributed by atoms with van der Waals surface area (Å²) in [6, 6.07) is 24.7. The Balaban J connectivity index is 1.73. The summed E-state index contributed by atoms with van der Waals surface area (Å²) in [7, 11) is 0. The van der Waals surface area contributed by atoms with Crippen LogP contribution in [0.1, 0.15) is 41.0 Å². The summed E-state index contributed by atoms with van der Waals surface area (Å²) in [6.07, 6.45) is 1.99. The van der Waals surface area contributed by atoms with Gasteiger partial charge in [0.2, 0.25) is 0 Å². The molecule has 132 valence electrons. The van der Waals surface area contributed by atoms with Gasteiger partial charge in [0.1, 0.15) is 5.75 Å². The first-order valence-electron chi connectivity index (χ1n) is 9.23. The van der Waals surface area contributed by atoms with Crippen LogP contribution in [0, 0.1) is 5.92 Å². The molecule has 2 heteroatoms. The predicted molar refractivity (Wildman–Crippen MR) is 108 cm³/mol. The molecule has 1 aliphatic carbocycles. The van der Waals surface area contributed by atoms with Crippen LogP contribution >= 0.6 is 11.6 Å². The van der Waals surface area contributed by atoms with E-state index in [1.165, 1.54) is 22.3 Å². The van der Waals surface area contributed by atoms with Crippen LogP contribution in [0.3, 0.4) is 0 Å². The van der Waals surface area contributed by atoms with E-state index in [1.807, 2.05) is 12.1 Å². The van der Waals surface area contributed by atoms with Crippen molar-refractivity contribution in [2.75, 3.05) is 0 Å². The Morgan fingerprint density at radius 2 is 1.62 bits per heavy atom. The van der Waals surface area contributed by atoms with Crippen molar-refractivity contribution in [2.45, 2.75) is 31.6 Å². The monoisotopic (exact) mass is 362 g/mol. The second kappa shape index (κ2) is 7.17. The lowest BCUT2D eigenvalue weighted by molar-refractivity contribution is 0.349. The molecule has 0 radical (unpaired) electrons. The van der Waals surface area contributed by atoms with Crippen molar-refractivity contribution in [3.8, 4) is 5.75 Å². The van der Waals surface area contributed by atoms with Crippen LogP contribution in [0.5, 0.6) is 5.75 Å². The highest BCUT2D eigenvalue weighted by atomic mass is 35.5. The molecule has 3 aromatic carbocycles. The average molecular weight is 363 g/mol. The number of hydrogen-bond acceptors (Lipinski definition) is 1. The van der Waals surface area contributed by atoms with Crippen LogP contribution in [0.15, 0.2) is 72.8 Å². The maximum absolute atomic E-state index is 9.64. The van der Waals surface area contributed by atoms with Gasteiger partial charge in [0.25, 0.3) is 0 Å². The summed E-state index contributed by atoms with van der Waals surface area (Å²) < 4.78 is 0. The van der Waals surface area contributed by atoms with Crippen LogP contribution in [0.4, 0.5) is 0 Å². The number of hydrogen-bond donors (Lipinski definition) is 1. The molecule has 0 aliphatic heterocycles. The minimum Gasteiger partial charge on any atom is -0.508 e. The van der Waals surface area contributed by atoms with E-state index in [9.17, 15) is 5.11 Å². The standard InChI is InChI=1S/C24H23ClO/c1-16-22(17-10-12-20(26)13-11-17)14-18-6-2-4-8-21(18)23(16)15-19-7-3-5-9-24(19)25/h2-13,16,22-23,26H,14-15H2,1H3. The Hall–Kier alpha value is -2.25. The number of phenols is 1. The van der Waals surface area contributed by atoms with Gasteiger partial charge >= 0.3 is 0 Å². The first kappa shape index (κ1) is 17.2. The fraction of sp³-hybridized carbons (Fsp3) is 0.250. The van der Waals surface area contributed by atoms with Gasteiger partial charge in [0.05, 0.1) is 0 Å². The quantitative estimate of drug-likeness (QED) is 0.575. The topological polar surface area (TPSA) is 20.2 Å². The third kappa shape index (κ3) is 3.24. The van der Waals surface area contributed by atoms with Crippen molar-refractivity contribution in [1.82, 2.24) is 0 Å². The van der Waals surface area contributed by atoms with Crippen LogP contribution < -0.4 is 0 Å². The smallest absolute Gasteiger partial charge is 0.115 e. The van der Waals surface area contributed by atoms with Crippen molar-refractivity contribution in [3.63, 3.8) is 0 Å². The second-order valence-corrected chi connectivity index (χ2v) is 7.77. The molecule has 1 nitrogen and oxygen atoms in total. The molecular weight excluding hydrogens is 340 g/mol. The van der Waals surface area contributed by atoms with E-state index in [0.29, 0.717) is 23.5 Å². The number of aromatic hydroxyl groups is 1. The molecule has 0 bridgehead atoms. The van der Waals surface area contributed by atoms with Gasteiger partial charge in [-0.2, -0.15) is 0 Å². The summed E-state index contributed by atoms with van der Waals surface area (Å²) in [5.74, 6) is 1.69. The largest absolute Gasteiger partial charge is 0.508 e. The number of rotatable bonds is 3. The van der Waals surface area contributed by atoms with Crippen LogP contribution in [-0.2, 0) is 12.8 Å². The summed E-state index contributed by atoms with van der Waals surface area (Å²) in [4.78, 5) is 0. The van der Waals surface area contributed by atoms with Crippen LogP contribution in [0.2, 0.25) is 5.02 Å². The Bertz CT molecular complexity index is 900. The maximum Gasteiger partial charge on any atom is 0.115 e. The van der Waals surface area contributed by atoms with E-state index < -0.39 is 0 Å². The van der Waals surface area contributed by atoms with Gasteiger partial charge in [-0.25, -0.2) is 0 Å². The van der Waals surface area contributed by atoms with Gasteiger partial charge in [0, 0.05) is 5.02 Å². The Kier molecular flexibility index (Phi) is 4.74. The summed E-state index contributed by atoms with van der Waals surface area (Å²) in [6.45, 7) is 2.36. The third-order valence-corrected chi connectivity index (χ3v) is 6.25. The van der Waals surface area contributed by atoms with E-state index in [0.717, 1.165) is 17.9 Å². The highest BCUT2D eigenvalue weighted by molar-refractivity contribution is 6.31. The molecule has 26 heavy (non-hydrogen) atoms. The average Bonchev–Trinajstić information content (AvgIpc) is 2.66. The van der Waals surface area contributed by atoms with Crippen molar-refractivity contribution in [3.05, 3.63) is 100 Å². The van der Waals surface area contributed by atoms with E-state index in [1.54, 1.807) is 12.1 Å². The molecule has 0 aromatic heterocycles. The van der Waals surface area contributed by atoms with Crippen molar-refractivity contribution in [1.29, 1.82) is 0 Å². The van der Waals surface area contributed by atoms with E-state index in [4.69, 9.17) is 11.6 Å². The third-order valence-electron chi connectivity index (χ3n) is 5.88. The van der Waals surface area contributed by atoms with Crippen molar-refractivity contribution >= 4 is 11.6 Å². The first-order valence-corrected chi connectivity index (χ1v) is 9.61. The van der Waals surface area contributed by atoms with E-state index in [-0.39, 0.29) is 0 Å². The zero-order chi connectivity index (χ0) is 18.1. The molecule has 0 saturated heterocycles. The molecule has 1 N–H and O–H groups in total. The highest BCUT2D eigenvalue weighted by Gasteiger charge is 2.34. The number of fused-ring (bicyclic) bond motifs is 1. The predicted octanol–water partition coefficient (Wildman–Crippen LogP) is 6.35. The van der Waals surface area contributed by atoms with Gasteiger partial charge in [-0.1, -0.05) is 73.1 Å². The molecule has 0 heterocycles. The maximum atomic E-state index is 9.64. The molecule has 0 amide bonds. The molecule has 3 aromatic rings. The van der Waals surface area contributed by atoms with Crippen molar-refractivity contribution in [2.24, 2.45) is 5.92 Å². The second-order valence-electron chi connectivity index (χ2n) is 7.36. The normalized spacial score (nSPS) is 22.0. The van der Waals surface area contributed by atoms with E-state index >= 15 is 0 Å². The molecular formula is C24H23ClO. The van der Waals surface area contributed by atoms with Gasteiger partial charge in [-0.3, -0.25) is 0 Å². The summed E-state index contributed by atoms with van der Waals surface area (Å²) in [5, 5.41) is 10.5.